The van der Waals surface area contributed by atoms with Crippen LogP contribution in [0.4, 0.5) is 4.79 Å². The number of hydrogen-bond donors (Lipinski definition) is 5. The molecule has 0 aliphatic carbocycles. The normalized spacial score (nSPS) is 12.3. The fourth-order valence-electron chi connectivity index (χ4n) is 1.01. The Morgan fingerprint density at radius 2 is 1.83 bits per heavy atom. The van der Waals surface area contributed by atoms with Crippen LogP contribution >= 0.6 is 18.2 Å². The van der Waals surface area contributed by atoms with Crippen molar-refractivity contribution in [3.8, 4) is 0 Å². The first-order valence-corrected chi connectivity index (χ1v) is 8.77. The van der Waals surface area contributed by atoms with Crippen molar-refractivity contribution in [1.82, 2.24) is 16.0 Å². The molecule has 0 heterocycles. The summed E-state index contributed by atoms with van der Waals surface area (Å²) in [6, 6.07) is -0.228. The van der Waals surface area contributed by atoms with E-state index in [0.717, 1.165) is 0 Å². The average molecular weight is 299 g/mol. The van der Waals surface area contributed by atoms with Gasteiger partial charge in [-0.1, -0.05) is 0 Å². The molecule has 0 aromatic carbocycles. The smallest absolute Gasteiger partial charge is 0.337 e. The number of hydrogen-bond acceptors (Lipinski definition) is 4. The minimum absolute atomic E-state index is 0.228. The molecular weight excluding hydrogens is 277 g/mol. The maximum Gasteiger partial charge on any atom is 0.384 e. The van der Waals surface area contributed by atoms with E-state index in [4.69, 9.17) is 9.79 Å². The van der Waals surface area contributed by atoms with Crippen molar-refractivity contribution >= 4 is 24.2 Å². The second kappa shape index (κ2) is 8.01. The molecule has 108 valence electrons. The molecule has 0 aliphatic rings. The van der Waals surface area contributed by atoms with Gasteiger partial charge in [-0.15, -0.1) is 0 Å². The largest absolute Gasteiger partial charge is 0.384 e. The molecule has 9 heteroatoms. The minimum atomic E-state index is -3.96. The number of nitrogens with one attached hydrogen (secondary N) is 3. The molecule has 0 fully saturated rings. The van der Waals surface area contributed by atoms with Gasteiger partial charge in [0.15, 0.2) is 0 Å². The Morgan fingerprint density at radius 3 is 2.33 bits per heavy atom. The van der Waals surface area contributed by atoms with Gasteiger partial charge < -0.3 is 25.7 Å². The number of urea groups is 1. The third kappa shape index (κ3) is 13.8. The van der Waals surface area contributed by atoms with Gasteiger partial charge in [0.25, 0.3) is 0 Å². The molecule has 0 rings (SSSR count). The summed E-state index contributed by atoms with van der Waals surface area (Å²) < 4.78 is 10.5. The summed E-state index contributed by atoms with van der Waals surface area (Å²) in [5.41, 5.74) is -0.266. The Morgan fingerprint density at radius 1 is 1.22 bits per heavy atom. The van der Waals surface area contributed by atoms with Gasteiger partial charge in [0, 0.05) is 30.9 Å². The molecule has 0 radical (unpaired) electrons. The molecule has 0 aromatic heterocycles. The number of carbonyl (C=O) groups excluding carboxylic acids is 1. The lowest BCUT2D eigenvalue weighted by atomic mass is 10.1. The Labute approximate surface area is 111 Å². The highest BCUT2D eigenvalue weighted by atomic mass is 32.7. The maximum absolute atomic E-state index is 11.3. The van der Waals surface area contributed by atoms with E-state index in [1.807, 2.05) is 20.8 Å². The molecule has 7 nitrogen and oxygen atoms in total. The van der Waals surface area contributed by atoms with Gasteiger partial charge >= 0.3 is 12.8 Å². The zero-order chi connectivity index (χ0) is 14.2. The van der Waals surface area contributed by atoms with Crippen LogP contribution in [-0.4, -0.2) is 46.7 Å². The first-order chi connectivity index (χ1) is 8.10. The highest BCUT2D eigenvalue weighted by molar-refractivity contribution is 8.54. The zero-order valence-corrected chi connectivity index (χ0v) is 12.6. The molecule has 0 bridgehead atoms. The van der Waals surface area contributed by atoms with Crippen molar-refractivity contribution in [2.24, 2.45) is 0 Å². The van der Waals surface area contributed by atoms with E-state index in [0.29, 0.717) is 36.8 Å². The third-order valence-electron chi connectivity index (χ3n) is 1.61. The summed E-state index contributed by atoms with van der Waals surface area (Å²) in [5, 5.41) is 8.40. The summed E-state index contributed by atoms with van der Waals surface area (Å²) in [6.07, 6.45) is 0. The molecular formula is C9H22N3O4PS. The molecule has 0 aliphatic heterocycles. The second-order valence-corrected chi connectivity index (χ2v) is 8.55. The molecule has 0 atom stereocenters. The van der Waals surface area contributed by atoms with Crippen LogP contribution in [-0.2, 0) is 4.57 Å². The Bertz CT molecular complexity index is 303. The van der Waals surface area contributed by atoms with E-state index in [2.05, 4.69) is 16.0 Å². The summed E-state index contributed by atoms with van der Waals surface area (Å²) in [7, 11) is 0. The van der Waals surface area contributed by atoms with Crippen LogP contribution in [0.5, 0.6) is 0 Å². The lowest BCUT2D eigenvalue weighted by Gasteiger charge is -2.20. The van der Waals surface area contributed by atoms with Crippen molar-refractivity contribution < 1.29 is 19.1 Å². The van der Waals surface area contributed by atoms with E-state index in [-0.39, 0.29) is 11.6 Å². The van der Waals surface area contributed by atoms with E-state index >= 15 is 0 Å². The van der Waals surface area contributed by atoms with Gasteiger partial charge in [-0.2, -0.15) is 0 Å². The lowest BCUT2D eigenvalue weighted by Crippen LogP contribution is -2.47. The average Bonchev–Trinajstić information content (AvgIpc) is 2.11. The van der Waals surface area contributed by atoms with Crippen molar-refractivity contribution in [1.29, 1.82) is 0 Å². The molecule has 0 aromatic rings. The molecule has 0 saturated heterocycles. The monoisotopic (exact) mass is 299 g/mol. The highest BCUT2D eigenvalue weighted by Crippen LogP contribution is 2.49. The van der Waals surface area contributed by atoms with Crippen LogP contribution in [0.2, 0.25) is 0 Å². The Balaban J connectivity index is 3.41. The predicted octanol–water partition coefficient (Wildman–Crippen LogP) is 0.500. The van der Waals surface area contributed by atoms with Crippen molar-refractivity contribution in [3.63, 3.8) is 0 Å². The SMILES string of the molecule is CC(C)(C)NC(=O)NCCNCCSP(=O)(O)O. The quantitative estimate of drug-likeness (QED) is 0.346. The molecule has 2 amide bonds. The zero-order valence-electron chi connectivity index (χ0n) is 10.9. The third-order valence-corrected chi connectivity index (χ3v) is 3.89. The molecule has 0 saturated carbocycles. The number of rotatable bonds is 7. The molecule has 5 N–H and O–H groups in total. The van der Waals surface area contributed by atoms with E-state index in [1.54, 1.807) is 0 Å². The van der Waals surface area contributed by atoms with Crippen LogP contribution in [0.15, 0.2) is 0 Å². The maximum atomic E-state index is 11.3. The van der Waals surface area contributed by atoms with Crippen LogP contribution in [0, 0.1) is 0 Å². The molecule has 0 unspecified atom stereocenters. The van der Waals surface area contributed by atoms with Crippen LogP contribution in [0.25, 0.3) is 0 Å². The van der Waals surface area contributed by atoms with Gasteiger partial charge in [0.05, 0.1) is 0 Å². The standard InChI is InChI=1S/C9H22N3O4PS/c1-9(2,3)12-8(13)11-5-4-10-6-7-18-17(14,15)16/h10H,4-7H2,1-3H3,(H2,11,12,13)(H2,14,15,16). The fourth-order valence-corrected chi connectivity index (χ4v) is 2.47. The number of carbonyl (C=O) groups is 1. The Kier molecular flexibility index (Phi) is 7.89. The Hall–Kier alpha value is -0.270. The van der Waals surface area contributed by atoms with Gasteiger partial charge in [-0.05, 0) is 32.2 Å². The van der Waals surface area contributed by atoms with Crippen molar-refractivity contribution in [2.45, 2.75) is 26.3 Å². The predicted molar refractivity (Wildman–Crippen MR) is 73.7 cm³/mol. The van der Waals surface area contributed by atoms with Crippen LogP contribution < -0.4 is 16.0 Å². The summed E-state index contributed by atoms with van der Waals surface area (Å²) in [5.74, 6) is 0.332. The molecule has 0 spiro atoms. The van der Waals surface area contributed by atoms with Crippen molar-refractivity contribution in [2.75, 3.05) is 25.4 Å². The van der Waals surface area contributed by atoms with Gasteiger partial charge in [0.1, 0.15) is 0 Å². The van der Waals surface area contributed by atoms with E-state index < -0.39 is 6.80 Å². The lowest BCUT2D eigenvalue weighted by molar-refractivity contribution is 0.232. The van der Waals surface area contributed by atoms with Gasteiger partial charge in [-0.25, -0.2) is 9.36 Å². The number of amides is 2. The van der Waals surface area contributed by atoms with E-state index in [9.17, 15) is 9.36 Å². The second-order valence-electron chi connectivity index (χ2n) is 4.70. The van der Waals surface area contributed by atoms with Crippen molar-refractivity contribution in [3.05, 3.63) is 0 Å². The first-order valence-electron chi connectivity index (χ1n) is 5.57. The summed E-state index contributed by atoms with van der Waals surface area (Å²) >= 11 is 0.610. The van der Waals surface area contributed by atoms with Gasteiger partial charge in [-0.3, -0.25) is 0 Å². The topological polar surface area (TPSA) is 111 Å². The van der Waals surface area contributed by atoms with Crippen LogP contribution in [0.1, 0.15) is 20.8 Å². The highest BCUT2D eigenvalue weighted by Gasteiger charge is 2.13. The molecule has 18 heavy (non-hydrogen) atoms. The fraction of sp³-hybridized carbons (Fsp3) is 0.889. The summed E-state index contributed by atoms with van der Waals surface area (Å²) in [6.45, 7) is 3.22. The minimum Gasteiger partial charge on any atom is -0.337 e. The van der Waals surface area contributed by atoms with Gasteiger partial charge in [0.2, 0.25) is 0 Å². The first kappa shape index (κ1) is 17.7. The van der Waals surface area contributed by atoms with Crippen LogP contribution in [0.3, 0.4) is 0 Å². The van der Waals surface area contributed by atoms with E-state index in [1.165, 1.54) is 0 Å². The summed E-state index contributed by atoms with van der Waals surface area (Å²) in [4.78, 5) is 28.5.